The lowest BCUT2D eigenvalue weighted by Crippen LogP contribution is -2.19. The zero-order valence-corrected chi connectivity index (χ0v) is 19.3. The molecule has 0 saturated heterocycles. The highest BCUT2D eigenvalue weighted by atomic mass is 32.1. The molecule has 0 aliphatic carbocycles. The topological polar surface area (TPSA) is 101 Å². The molecule has 1 aliphatic heterocycles. The number of hydrogen-bond donors (Lipinski definition) is 1. The molecule has 32 heavy (non-hydrogen) atoms. The Bertz CT molecular complexity index is 1050. The van der Waals surface area contributed by atoms with Gasteiger partial charge in [-0.1, -0.05) is 6.92 Å². The molecule has 0 saturated carbocycles. The van der Waals surface area contributed by atoms with Gasteiger partial charge < -0.3 is 24.3 Å². The Morgan fingerprint density at radius 1 is 1.12 bits per heavy atom. The molecular formula is C22H27N5O4S. The van der Waals surface area contributed by atoms with Crippen molar-refractivity contribution in [2.75, 3.05) is 38.8 Å². The third-order valence-electron chi connectivity index (χ3n) is 4.87. The zero-order chi connectivity index (χ0) is 21.6. The molecule has 0 bridgehead atoms. The van der Waals surface area contributed by atoms with Crippen molar-refractivity contribution in [3.05, 3.63) is 42.5 Å². The first-order valence-electron chi connectivity index (χ1n) is 10.2. The van der Waals surface area contributed by atoms with E-state index in [1.54, 1.807) is 19.5 Å². The average Bonchev–Trinajstić information content (AvgIpc) is 2.82. The lowest BCUT2D eigenvalue weighted by molar-refractivity contribution is 0.162. The van der Waals surface area contributed by atoms with Crippen LogP contribution in [0, 0.1) is 0 Å². The Hall–Kier alpha value is -3.27. The lowest BCUT2D eigenvalue weighted by atomic mass is 10.0. The third-order valence-corrected chi connectivity index (χ3v) is 4.87. The molecule has 4 rings (SSSR count). The van der Waals surface area contributed by atoms with Crippen LogP contribution < -0.4 is 24.3 Å². The first-order valence-corrected chi connectivity index (χ1v) is 10.2. The molecule has 170 valence electrons. The summed E-state index contributed by atoms with van der Waals surface area (Å²) < 4.78 is 22.2. The third kappa shape index (κ3) is 5.13. The molecule has 10 heteroatoms. The van der Waals surface area contributed by atoms with Crippen molar-refractivity contribution in [3.63, 3.8) is 0 Å². The maximum atomic E-state index is 5.78. The smallest absolute Gasteiger partial charge is 0.257 e. The van der Waals surface area contributed by atoms with Crippen LogP contribution in [-0.2, 0) is 0 Å². The minimum atomic E-state index is 0. The van der Waals surface area contributed by atoms with Crippen LogP contribution in [0.3, 0.4) is 0 Å². The molecule has 0 aromatic carbocycles. The molecule has 3 aromatic rings. The molecule has 0 spiro atoms. The summed E-state index contributed by atoms with van der Waals surface area (Å²) in [6.07, 6.45) is 4.98. The van der Waals surface area contributed by atoms with Crippen LogP contribution in [0.15, 0.2) is 36.9 Å². The van der Waals surface area contributed by atoms with Gasteiger partial charge in [0.05, 0.1) is 19.4 Å². The molecule has 0 unspecified atom stereocenters. The highest BCUT2D eigenvalue weighted by molar-refractivity contribution is 7.59. The second-order valence-corrected chi connectivity index (χ2v) is 6.97. The molecule has 0 fully saturated rings. The first kappa shape index (κ1) is 23.4. The number of anilines is 1. The van der Waals surface area contributed by atoms with E-state index >= 15 is 0 Å². The fourth-order valence-electron chi connectivity index (χ4n) is 3.30. The van der Waals surface area contributed by atoms with E-state index in [-0.39, 0.29) is 19.4 Å². The summed E-state index contributed by atoms with van der Waals surface area (Å²) >= 11 is 0. The SMILES string of the molecule is CCOc1ncc(-c2cc(NC[C@@H](C)c3ccnc4c3OCCO4)ncn2)cc1OC.S. The number of nitrogens with zero attached hydrogens (tertiary/aromatic N) is 4. The van der Waals surface area contributed by atoms with E-state index in [4.69, 9.17) is 18.9 Å². The number of fused-ring (bicyclic) bond motifs is 1. The monoisotopic (exact) mass is 457 g/mol. The molecule has 1 N–H and O–H groups in total. The highest BCUT2D eigenvalue weighted by Crippen LogP contribution is 2.36. The van der Waals surface area contributed by atoms with Gasteiger partial charge in [0.2, 0.25) is 0 Å². The summed E-state index contributed by atoms with van der Waals surface area (Å²) in [5.74, 6) is 3.16. The van der Waals surface area contributed by atoms with Gasteiger partial charge in [0.15, 0.2) is 11.5 Å². The maximum Gasteiger partial charge on any atom is 0.257 e. The van der Waals surface area contributed by atoms with E-state index in [1.165, 1.54) is 6.33 Å². The molecule has 0 radical (unpaired) electrons. The van der Waals surface area contributed by atoms with E-state index in [0.29, 0.717) is 49.7 Å². The van der Waals surface area contributed by atoms with E-state index in [1.807, 2.05) is 25.1 Å². The molecule has 0 amide bonds. The van der Waals surface area contributed by atoms with Gasteiger partial charge in [-0.15, -0.1) is 0 Å². The summed E-state index contributed by atoms with van der Waals surface area (Å²) in [4.78, 5) is 17.3. The second-order valence-electron chi connectivity index (χ2n) is 6.97. The Labute approximate surface area is 194 Å². The lowest BCUT2D eigenvalue weighted by Gasteiger charge is -2.22. The number of methoxy groups -OCH3 is 1. The second kappa shape index (κ2) is 10.9. The number of nitrogens with one attached hydrogen (secondary N) is 1. The Morgan fingerprint density at radius 2 is 1.97 bits per heavy atom. The van der Waals surface area contributed by atoms with Crippen molar-refractivity contribution in [2.45, 2.75) is 19.8 Å². The predicted octanol–water partition coefficient (Wildman–Crippen LogP) is 3.44. The summed E-state index contributed by atoms with van der Waals surface area (Å²) in [5.41, 5.74) is 2.59. The molecule has 9 nitrogen and oxygen atoms in total. The largest absolute Gasteiger partial charge is 0.491 e. The standard InChI is InChI=1S/C22H25N5O4.H2S/c1-4-29-21-18(28-3)9-15(12-25-21)17-10-19(27-13-26-17)24-11-14(2)16-5-6-23-22-20(16)30-7-8-31-22;/h5-6,9-10,12-14H,4,7-8,11H2,1-3H3,(H,24,26,27);1H2/t14-;/m1./s1. The summed E-state index contributed by atoms with van der Waals surface area (Å²) in [7, 11) is 1.59. The molecule has 4 heterocycles. The Balaban J connectivity index is 0.00000289. The van der Waals surface area contributed by atoms with Gasteiger partial charge in [0, 0.05) is 42.0 Å². The van der Waals surface area contributed by atoms with Crippen molar-refractivity contribution in [1.82, 2.24) is 19.9 Å². The fraction of sp³-hybridized carbons (Fsp3) is 0.364. The number of rotatable bonds is 8. The van der Waals surface area contributed by atoms with E-state index in [2.05, 4.69) is 32.2 Å². The molecular weight excluding hydrogens is 430 g/mol. The minimum absolute atomic E-state index is 0. The van der Waals surface area contributed by atoms with Gasteiger partial charge in [0.25, 0.3) is 11.8 Å². The first-order chi connectivity index (χ1) is 15.2. The van der Waals surface area contributed by atoms with Crippen molar-refractivity contribution in [1.29, 1.82) is 0 Å². The van der Waals surface area contributed by atoms with Crippen LogP contribution in [-0.4, -0.2) is 53.4 Å². The minimum Gasteiger partial charge on any atom is -0.491 e. The van der Waals surface area contributed by atoms with Crippen molar-refractivity contribution in [3.8, 4) is 34.5 Å². The van der Waals surface area contributed by atoms with Crippen molar-refractivity contribution in [2.24, 2.45) is 0 Å². The van der Waals surface area contributed by atoms with Gasteiger partial charge in [-0.05, 0) is 19.1 Å². The summed E-state index contributed by atoms with van der Waals surface area (Å²) in [5, 5.41) is 3.38. The number of hydrogen-bond acceptors (Lipinski definition) is 9. The molecule has 1 aliphatic rings. The summed E-state index contributed by atoms with van der Waals surface area (Å²) in [6.45, 7) is 6.23. The number of ether oxygens (including phenoxy) is 4. The van der Waals surface area contributed by atoms with Crippen LogP contribution in [0.4, 0.5) is 5.82 Å². The van der Waals surface area contributed by atoms with Crippen LogP contribution in [0.1, 0.15) is 25.3 Å². The zero-order valence-electron chi connectivity index (χ0n) is 18.3. The predicted molar refractivity (Wildman–Crippen MR) is 125 cm³/mol. The van der Waals surface area contributed by atoms with Crippen LogP contribution in [0.25, 0.3) is 11.3 Å². The molecule has 3 aromatic heterocycles. The van der Waals surface area contributed by atoms with Crippen LogP contribution in [0.2, 0.25) is 0 Å². The van der Waals surface area contributed by atoms with E-state index in [0.717, 1.165) is 22.6 Å². The normalized spacial score (nSPS) is 13.0. The van der Waals surface area contributed by atoms with Gasteiger partial charge in [-0.2, -0.15) is 13.5 Å². The van der Waals surface area contributed by atoms with Gasteiger partial charge >= 0.3 is 0 Å². The Morgan fingerprint density at radius 3 is 2.78 bits per heavy atom. The van der Waals surface area contributed by atoms with Gasteiger partial charge in [-0.25, -0.2) is 19.9 Å². The quantitative estimate of drug-likeness (QED) is 0.545. The van der Waals surface area contributed by atoms with Gasteiger partial charge in [-0.3, -0.25) is 0 Å². The van der Waals surface area contributed by atoms with Crippen LogP contribution >= 0.6 is 13.5 Å². The number of aromatic nitrogens is 4. The van der Waals surface area contributed by atoms with E-state index in [9.17, 15) is 0 Å². The Kier molecular flexibility index (Phi) is 7.93. The van der Waals surface area contributed by atoms with Crippen molar-refractivity contribution >= 4 is 19.3 Å². The van der Waals surface area contributed by atoms with Crippen LogP contribution in [0.5, 0.6) is 23.3 Å². The fourth-order valence-corrected chi connectivity index (χ4v) is 3.30. The summed E-state index contributed by atoms with van der Waals surface area (Å²) in [6, 6.07) is 5.70. The number of pyridine rings is 2. The highest BCUT2D eigenvalue weighted by Gasteiger charge is 2.21. The molecule has 1 atom stereocenters. The maximum absolute atomic E-state index is 5.78. The van der Waals surface area contributed by atoms with Gasteiger partial charge in [0.1, 0.15) is 25.4 Å². The van der Waals surface area contributed by atoms with Crippen molar-refractivity contribution < 1.29 is 18.9 Å². The average molecular weight is 458 g/mol. The van der Waals surface area contributed by atoms with E-state index < -0.39 is 0 Å².